The molecule has 1 amide bonds. The molecule has 0 unspecified atom stereocenters. The highest BCUT2D eigenvalue weighted by Crippen LogP contribution is 2.20. The van der Waals surface area contributed by atoms with Crippen molar-refractivity contribution in [2.45, 2.75) is 13.8 Å². The van der Waals surface area contributed by atoms with Crippen LogP contribution in [-0.2, 0) is 14.8 Å². The summed E-state index contributed by atoms with van der Waals surface area (Å²) in [6.07, 6.45) is 0. The number of halogens is 1. The number of aryl methyl sites for hydroxylation is 1. The van der Waals surface area contributed by atoms with Gasteiger partial charge in [0, 0.05) is 17.8 Å². The highest BCUT2D eigenvalue weighted by atomic mass is 35.5. The molecule has 0 aliphatic heterocycles. The van der Waals surface area contributed by atoms with Gasteiger partial charge in [0.05, 0.1) is 12.3 Å². The van der Waals surface area contributed by atoms with Crippen LogP contribution in [0.4, 0.5) is 5.69 Å². The number of hydrogen-bond acceptors (Lipinski definition) is 3. The van der Waals surface area contributed by atoms with Gasteiger partial charge in [-0.05, 0) is 31.5 Å². The third-order valence-corrected chi connectivity index (χ3v) is 4.72. The number of nitrogens with one attached hydrogen (secondary N) is 1. The number of likely N-dealkylation sites (N-methyl/N-ethyl adjacent to an activating group) is 1. The van der Waals surface area contributed by atoms with E-state index in [1.165, 1.54) is 14.0 Å². The molecular weight excluding hydrogens is 288 g/mol. The number of anilines is 1. The number of benzene rings is 1. The summed E-state index contributed by atoms with van der Waals surface area (Å²) in [6, 6.07) is 5.13. The maximum atomic E-state index is 11.8. The van der Waals surface area contributed by atoms with Gasteiger partial charge in [-0.1, -0.05) is 17.7 Å². The Bertz CT molecular complexity index is 572. The molecule has 0 radical (unpaired) electrons. The molecule has 19 heavy (non-hydrogen) atoms. The van der Waals surface area contributed by atoms with Crippen LogP contribution in [0.25, 0.3) is 0 Å². The van der Waals surface area contributed by atoms with E-state index in [1.807, 2.05) is 6.92 Å². The van der Waals surface area contributed by atoms with E-state index in [2.05, 4.69) is 5.32 Å². The van der Waals surface area contributed by atoms with Crippen molar-refractivity contribution in [3.63, 3.8) is 0 Å². The minimum absolute atomic E-state index is 0.0347. The van der Waals surface area contributed by atoms with E-state index in [0.717, 1.165) is 9.87 Å². The summed E-state index contributed by atoms with van der Waals surface area (Å²) >= 11 is 5.84. The quantitative estimate of drug-likeness (QED) is 0.903. The molecule has 0 saturated heterocycles. The molecule has 0 aromatic heterocycles. The maximum absolute atomic E-state index is 11.8. The van der Waals surface area contributed by atoms with Crippen molar-refractivity contribution in [1.82, 2.24) is 4.31 Å². The Labute approximate surface area is 118 Å². The standard InChI is InChI=1S/C12H17ClN2O3S/c1-4-19(17,18)15(3)8-12(16)14-11-7-10(13)6-5-9(11)2/h5-7H,4,8H2,1-3H3,(H,14,16). The first kappa shape index (κ1) is 15.9. The van der Waals surface area contributed by atoms with Crippen LogP contribution in [0.3, 0.4) is 0 Å². The van der Waals surface area contributed by atoms with E-state index in [1.54, 1.807) is 18.2 Å². The number of carbonyl (C=O) groups is 1. The molecule has 0 aliphatic rings. The number of hydrogen-bond donors (Lipinski definition) is 1. The average molecular weight is 305 g/mol. The summed E-state index contributed by atoms with van der Waals surface area (Å²) in [5, 5.41) is 3.16. The minimum Gasteiger partial charge on any atom is -0.325 e. The van der Waals surface area contributed by atoms with E-state index in [9.17, 15) is 13.2 Å². The summed E-state index contributed by atoms with van der Waals surface area (Å²) < 4.78 is 24.1. The molecule has 0 aliphatic carbocycles. The monoisotopic (exact) mass is 304 g/mol. The van der Waals surface area contributed by atoms with Gasteiger partial charge in [-0.2, -0.15) is 4.31 Å². The van der Waals surface area contributed by atoms with Gasteiger partial charge >= 0.3 is 0 Å². The van der Waals surface area contributed by atoms with Gasteiger partial charge in [0.2, 0.25) is 15.9 Å². The molecule has 1 N–H and O–H groups in total. The van der Waals surface area contributed by atoms with Crippen LogP contribution >= 0.6 is 11.6 Å². The molecule has 7 heteroatoms. The lowest BCUT2D eigenvalue weighted by atomic mass is 10.2. The van der Waals surface area contributed by atoms with Crippen LogP contribution in [0.5, 0.6) is 0 Å². The predicted octanol–water partition coefficient (Wildman–Crippen LogP) is 1.87. The van der Waals surface area contributed by atoms with Crippen molar-refractivity contribution >= 4 is 33.2 Å². The zero-order valence-electron chi connectivity index (χ0n) is 11.1. The van der Waals surface area contributed by atoms with Crippen molar-refractivity contribution in [3.8, 4) is 0 Å². The number of sulfonamides is 1. The molecule has 106 valence electrons. The fourth-order valence-electron chi connectivity index (χ4n) is 1.44. The maximum Gasteiger partial charge on any atom is 0.239 e. The van der Waals surface area contributed by atoms with Crippen molar-refractivity contribution in [2.75, 3.05) is 24.7 Å². The highest BCUT2D eigenvalue weighted by Gasteiger charge is 2.18. The molecule has 1 rings (SSSR count). The lowest BCUT2D eigenvalue weighted by Gasteiger charge is -2.16. The van der Waals surface area contributed by atoms with Crippen LogP contribution < -0.4 is 5.32 Å². The predicted molar refractivity (Wildman–Crippen MR) is 76.9 cm³/mol. The van der Waals surface area contributed by atoms with Gasteiger partial charge in [-0.3, -0.25) is 4.79 Å². The summed E-state index contributed by atoms with van der Waals surface area (Å²) in [4.78, 5) is 11.8. The van der Waals surface area contributed by atoms with Crippen LogP contribution in [0.2, 0.25) is 5.02 Å². The number of amides is 1. The van der Waals surface area contributed by atoms with E-state index >= 15 is 0 Å². The number of carbonyl (C=O) groups excluding carboxylic acids is 1. The van der Waals surface area contributed by atoms with Crippen LogP contribution in [0, 0.1) is 6.92 Å². The SMILES string of the molecule is CCS(=O)(=O)N(C)CC(=O)Nc1cc(Cl)ccc1C. The number of nitrogens with zero attached hydrogens (tertiary/aromatic N) is 1. The second kappa shape index (κ2) is 6.36. The first-order valence-electron chi connectivity index (χ1n) is 5.76. The van der Waals surface area contributed by atoms with Crippen molar-refractivity contribution in [3.05, 3.63) is 28.8 Å². The van der Waals surface area contributed by atoms with Crippen LogP contribution in [0.1, 0.15) is 12.5 Å². The average Bonchev–Trinajstić information content (AvgIpc) is 2.33. The molecule has 0 fully saturated rings. The molecule has 0 atom stereocenters. The number of rotatable bonds is 5. The highest BCUT2D eigenvalue weighted by molar-refractivity contribution is 7.89. The van der Waals surface area contributed by atoms with E-state index in [4.69, 9.17) is 11.6 Å². The third-order valence-electron chi connectivity index (χ3n) is 2.68. The Kier molecular flexibility index (Phi) is 5.34. The molecule has 0 heterocycles. The Morgan fingerprint density at radius 3 is 2.63 bits per heavy atom. The molecule has 0 bridgehead atoms. The fourth-order valence-corrected chi connectivity index (χ4v) is 2.37. The van der Waals surface area contributed by atoms with Crippen molar-refractivity contribution in [1.29, 1.82) is 0 Å². The summed E-state index contributed by atoms with van der Waals surface area (Å²) in [7, 11) is -1.98. The Morgan fingerprint density at radius 2 is 2.05 bits per heavy atom. The third kappa shape index (κ3) is 4.49. The lowest BCUT2D eigenvalue weighted by Crippen LogP contribution is -2.35. The zero-order valence-corrected chi connectivity index (χ0v) is 12.7. The van der Waals surface area contributed by atoms with Crippen molar-refractivity contribution in [2.24, 2.45) is 0 Å². The van der Waals surface area contributed by atoms with Gasteiger partial charge in [-0.15, -0.1) is 0 Å². The summed E-state index contributed by atoms with van der Waals surface area (Å²) in [5.41, 5.74) is 1.44. The van der Waals surface area contributed by atoms with E-state index in [-0.39, 0.29) is 12.3 Å². The zero-order chi connectivity index (χ0) is 14.6. The normalized spacial score (nSPS) is 11.6. The first-order valence-corrected chi connectivity index (χ1v) is 7.75. The lowest BCUT2D eigenvalue weighted by molar-refractivity contribution is -0.116. The second-order valence-corrected chi connectivity index (χ2v) is 6.96. The molecular formula is C12H17ClN2O3S. The minimum atomic E-state index is -3.36. The van der Waals surface area contributed by atoms with Gasteiger partial charge < -0.3 is 5.32 Å². The Morgan fingerprint density at radius 1 is 1.42 bits per heavy atom. The second-order valence-electron chi connectivity index (χ2n) is 4.16. The van der Waals surface area contributed by atoms with E-state index in [0.29, 0.717) is 10.7 Å². The molecule has 1 aromatic carbocycles. The summed E-state index contributed by atoms with van der Waals surface area (Å²) in [5.74, 6) is -0.433. The van der Waals surface area contributed by atoms with E-state index < -0.39 is 15.9 Å². The van der Waals surface area contributed by atoms with Gasteiger partial charge in [-0.25, -0.2) is 8.42 Å². The molecule has 5 nitrogen and oxygen atoms in total. The largest absolute Gasteiger partial charge is 0.325 e. The Balaban J connectivity index is 2.73. The summed E-state index contributed by atoms with van der Waals surface area (Å²) in [6.45, 7) is 3.14. The molecule has 0 saturated carbocycles. The topological polar surface area (TPSA) is 66.5 Å². The van der Waals surface area contributed by atoms with Crippen LogP contribution in [0.15, 0.2) is 18.2 Å². The molecule has 1 aromatic rings. The van der Waals surface area contributed by atoms with Crippen LogP contribution in [-0.4, -0.2) is 38.0 Å². The van der Waals surface area contributed by atoms with Gasteiger partial charge in [0.25, 0.3) is 0 Å². The van der Waals surface area contributed by atoms with Gasteiger partial charge in [0.15, 0.2) is 0 Å². The fraction of sp³-hybridized carbons (Fsp3) is 0.417. The van der Waals surface area contributed by atoms with Gasteiger partial charge in [0.1, 0.15) is 0 Å². The first-order chi connectivity index (χ1) is 8.76. The Hall–Kier alpha value is -1.11. The smallest absolute Gasteiger partial charge is 0.239 e. The molecule has 0 spiro atoms. The van der Waals surface area contributed by atoms with Crippen molar-refractivity contribution < 1.29 is 13.2 Å².